The Labute approximate surface area is 102 Å². The quantitative estimate of drug-likeness (QED) is 0.787. The summed E-state index contributed by atoms with van der Waals surface area (Å²) in [5.41, 5.74) is 1.53. The molecule has 2 aromatic carbocycles. The number of rotatable bonds is 1. The molecule has 1 N–H and O–H groups in total. The van der Waals surface area contributed by atoms with Crippen molar-refractivity contribution in [3.05, 3.63) is 48.0 Å². The zero-order valence-electron chi connectivity index (χ0n) is 10.2. The van der Waals surface area contributed by atoms with Crippen molar-refractivity contribution in [3.8, 4) is 0 Å². The van der Waals surface area contributed by atoms with Gasteiger partial charge in [0.1, 0.15) is 0 Å². The van der Waals surface area contributed by atoms with E-state index in [9.17, 15) is 5.11 Å². The molecule has 0 bridgehead atoms. The van der Waals surface area contributed by atoms with Gasteiger partial charge in [-0.05, 0) is 41.0 Å². The molecule has 0 spiro atoms. The zero-order chi connectivity index (χ0) is 11.9. The third kappa shape index (κ3) is 1.75. The van der Waals surface area contributed by atoms with E-state index in [1.807, 2.05) is 0 Å². The second-order valence-corrected chi connectivity index (χ2v) is 5.48. The Morgan fingerprint density at radius 1 is 1.12 bits per heavy atom. The summed E-state index contributed by atoms with van der Waals surface area (Å²) in [5, 5.41) is 12.4. The Balaban J connectivity index is 2.17. The highest BCUT2D eigenvalue weighted by molar-refractivity contribution is 5.86. The minimum atomic E-state index is -0.126. The lowest BCUT2D eigenvalue weighted by atomic mass is 9.78. The van der Waals surface area contributed by atoms with Crippen LogP contribution in [0.1, 0.15) is 31.7 Å². The third-order valence-electron chi connectivity index (χ3n) is 4.16. The highest BCUT2D eigenvalue weighted by Gasteiger charge is 2.36. The number of fused-ring (bicyclic) bond motifs is 1. The Morgan fingerprint density at radius 3 is 2.65 bits per heavy atom. The standard InChI is InChI=1S/C16H18O/c1-16(10-9-13(17)11-16)15-8-4-6-12-5-2-3-7-14(12)15/h2-8,13,17H,9-11H2,1H3. The first kappa shape index (κ1) is 10.8. The van der Waals surface area contributed by atoms with E-state index < -0.39 is 0 Å². The third-order valence-corrected chi connectivity index (χ3v) is 4.16. The van der Waals surface area contributed by atoms with Crippen LogP contribution in [0.25, 0.3) is 10.8 Å². The first-order chi connectivity index (χ1) is 8.19. The summed E-state index contributed by atoms with van der Waals surface area (Å²) >= 11 is 0. The minimum Gasteiger partial charge on any atom is -0.393 e. The van der Waals surface area contributed by atoms with Gasteiger partial charge in [0.05, 0.1) is 6.10 Å². The fourth-order valence-electron chi connectivity index (χ4n) is 3.21. The van der Waals surface area contributed by atoms with Crippen LogP contribution in [0.15, 0.2) is 42.5 Å². The van der Waals surface area contributed by atoms with Gasteiger partial charge in [0.25, 0.3) is 0 Å². The second-order valence-electron chi connectivity index (χ2n) is 5.48. The summed E-state index contributed by atoms with van der Waals surface area (Å²) in [6, 6.07) is 15.0. The molecular formula is C16H18O. The van der Waals surface area contributed by atoms with E-state index in [4.69, 9.17) is 0 Å². The molecule has 0 radical (unpaired) electrons. The van der Waals surface area contributed by atoms with Gasteiger partial charge >= 0.3 is 0 Å². The lowest BCUT2D eigenvalue weighted by Gasteiger charge is -2.26. The maximum absolute atomic E-state index is 9.80. The molecule has 88 valence electrons. The highest BCUT2D eigenvalue weighted by atomic mass is 16.3. The van der Waals surface area contributed by atoms with Crippen LogP contribution in [-0.2, 0) is 5.41 Å². The van der Waals surface area contributed by atoms with E-state index in [-0.39, 0.29) is 11.5 Å². The van der Waals surface area contributed by atoms with E-state index in [0.29, 0.717) is 0 Å². The van der Waals surface area contributed by atoms with Crippen molar-refractivity contribution in [2.75, 3.05) is 0 Å². The molecule has 1 heteroatoms. The summed E-state index contributed by atoms with van der Waals surface area (Å²) in [7, 11) is 0. The van der Waals surface area contributed by atoms with E-state index in [2.05, 4.69) is 49.4 Å². The Bertz CT molecular complexity index is 541. The summed E-state index contributed by atoms with van der Waals surface area (Å²) in [6.45, 7) is 2.28. The van der Waals surface area contributed by atoms with Crippen molar-refractivity contribution in [3.63, 3.8) is 0 Å². The molecule has 1 nitrogen and oxygen atoms in total. The monoisotopic (exact) mass is 226 g/mol. The van der Waals surface area contributed by atoms with Crippen LogP contribution in [0.5, 0.6) is 0 Å². The molecule has 0 amide bonds. The lowest BCUT2D eigenvalue weighted by molar-refractivity contribution is 0.175. The number of hydrogen-bond acceptors (Lipinski definition) is 1. The molecule has 1 aliphatic carbocycles. The van der Waals surface area contributed by atoms with Gasteiger partial charge in [-0.2, -0.15) is 0 Å². The molecule has 0 saturated heterocycles. The zero-order valence-corrected chi connectivity index (χ0v) is 10.2. The molecule has 0 aromatic heterocycles. The van der Waals surface area contributed by atoms with Crippen molar-refractivity contribution in [1.29, 1.82) is 0 Å². The van der Waals surface area contributed by atoms with Crippen LogP contribution in [0.4, 0.5) is 0 Å². The number of aliphatic hydroxyl groups is 1. The number of benzene rings is 2. The van der Waals surface area contributed by atoms with Gasteiger partial charge in [0.15, 0.2) is 0 Å². The van der Waals surface area contributed by atoms with Crippen molar-refractivity contribution >= 4 is 10.8 Å². The van der Waals surface area contributed by atoms with Gasteiger partial charge in [-0.25, -0.2) is 0 Å². The predicted octanol–water partition coefficient (Wildman–Crippen LogP) is 3.64. The summed E-state index contributed by atoms with van der Waals surface area (Å²) in [6.07, 6.45) is 2.78. The van der Waals surface area contributed by atoms with Crippen LogP contribution < -0.4 is 0 Å². The van der Waals surface area contributed by atoms with Crippen molar-refractivity contribution in [2.45, 2.75) is 37.7 Å². The Hall–Kier alpha value is -1.34. The van der Waals surface area contributed by atoms with Crippen LogP contribution in [0, 0.1) is 0 Å². The van der Waals surface area contributed by atoms with Crippen LogP contribution in [0.2, 0.25) is 0 Å². The fourth-order valence-corrected chi connectivity index (χ4v) is 3.21. The van der Waals surface area contributed by atoms with Crippen molar-refractivity contribution in [1.82, 2.24) is 0 Å². The molecule has 2 atom stereocenters. The molecule has 3 rings (SSSR count). The van der Waals surface area contributed by atoms with E-state index >= 15 is 0 Å². The molecular weight excluding hydrogens is 208 g/mol. The second kappa shape index (κ2) is 3.85. The lowest BCUT2D eigenvalue weighted by Crippen LogP contribution is -2.19. The molecule has 17 heavy (non-hydrogen) atoms. The van der Waals surface area contributed by atoms with Gasteiger partial charge in [0, 0.05) is 0 Å². The van der Waals surface area contributed by atoms with Crippen molar-refractivity contribution < 1.29 is 5.11 Å². The number of aliphatic hydroxyl groups excluding tert-OH is 1. The predicted molar refractivity (Wildman–Crippen MR) is 71.2 cm³/mol. The Morgan fingerprint density at radius 2 is 1.88 bits per heavy atom. The van der Waals surface area contributed by atoms with E-state index in [1.165, 1.54) is 16.3 Å². The van der Waals surface area contributed by atoms with Gasteiger partial charge in [-0.3, -0.25) is 0 Å². The van der Waals surface area contributed by atoms with Crippen LogP contribution in [-0.4, -0.2) is 11.2 Å². The van der Waals surface area contributed by atoms with E-state index in [1.54, 1.807) is 0 Å². The summed E-state index contributed by atoms with van der Waals surface area (Å²) in [5.74, 6) is 0. The van der Waals surface area contributed by atoms with Crippen molar-refractivity contribution in [2.24, 2.45) is 0 Å². The van der Waals surface area contributed by atoms with Gasteiger partial charge in [-0.1, -0.05) is 49.4 Å². The topological polar surface area (TPSA) is 20.2 Å². The largest absolute Gasteiger partial charge is 0.393 e. The SMILES string of the molecule is CC1(c2cccc3ccccc23)CCC(O)C1. The van der Waals surface area contributed by atoms with Gasteiger partial charge in [0.2, 0.25) is 0 Å². The maximum atomic E-state index is 9.80. The highest BCUT2D eigenvalue weighted by Crippen LogP contribution is 2.43. The summed E-state index contributed by atoms with van der Waals surface area (Å²) < 4.78 is 0. The van der Waals surface area contributed by atoms with E-state index in [0.717, 1.165) is 19.3 Å². The molecule has 2 unspecified atom stereocenters. The molecule has 2 aromatic rings. The average molecular weight is 226 g/mol. The number of hydrogen-bond donors (Lipinski definition) is 1. The maximum Gasteiger partial charge on any atom is 0.0549 e. The molecule has 1 aliphatic rings. The minimum absolute atomic E-state index is 0.126. The first-order valence-electron chi connectivity index (χ1n) is 6.35. The fraction of sp³-hybridized carbons (Fsp3) is 0.375. The molecule has 0 heterocycles. The average Bonchev–Trinajstić information content (AvgIpc) is 2.70. The smallest absolute Gasteiger partial charge is 0.0549 e. The molecule has 1 fully saturated rings. The molecule has 1 saturated carbocycles. The van der Waals surface area contributed by atoms with Gasteiger partial charge < -0.3 is 5.11 Å². The van der Waals surface area contributed by atoms with Crippen LogP contribution >= 0.6 is 0 Å². The first-order valence-corrected chi connectivity index (χ1v) is 6.35. The van der Waals surface area contributed by atoms with Crippen LogP contribution in [0.3, 0.4) is 0 Å². The van der Waals surface area contributed by atoms with Gasteiger partial charge in [-0.15, -0.1) is 0 Å². The normalized spacial score (nSPS) is 28.7. The summed E-state index contributed by atoms with van der Waals surface area (Å²) in [4.78, 5) is 0. The Kier molecular flexibility index (Phi) is 2.44. The molecule has 0 aliphatic heterocycles.